The summed E-state index contributed by atoms with van der Waals surface area (Å²) in [6, 6.07) is 0.371. The maximum Gasteiger partial charge on any atom is 0.0414 e. The summed E-state index contributed by atoms with van der Waals surface area (Å²) in [5, 5.41) is 0. The van der Waals surface area contributed by atoms with Crippen LogP contribution in [0.3, 0.4) is 0 Å². The minimum Gasteiger partial charge on any atom is -0.296 e. The number of piperidine rings is 1. The molecule has 0 aromatic carbocycles. The third kappa shape index (κ3) is 2.76. The Kier molecular flexibility index (Phi) is 5.22. The van der Waals surface area contributed by atoms with E-state index < -0.39 is 0 Å². The minimum atomic E-state index is 0.198. The van der Waals surface area contributed by atoms with E-state index in [0.717, 1.165) is 6.42 Å². The van der Waals surface area contributed by atoms with Crippen molar-refractivity contribution in [2.75, 3.05) is 13.1 Å². The van der Waals surface area contributed by atoms with Gasteiger partial charge in [0, 0.05) is 11.6 Å². The van der Waals surface area contributed by atoms with Crippen LogP contribution in [0.5, 0.6) is 0 Å². The molecule has 3 N–H and O–H groups in total. The van der Waals surface area contributed by atoms with Crippen LogP contribution in [0.2, 0.25) is 0 Å². The van der Waals surface area contributed by atoms with Crippen molar-refractivity contribution >= 4 is 0 Å². The summed E-state index contributed by atoms with van der Waals surface area (Å²) < 4.78 is 0. The molecule has 0 aromatic heterocycles. The van der Waals surface area contributed by atoms with E-state index in [2.05, 4.69) is 38.0 Å². The van der Waals surface area contributed by atoms with E-state index in [1.54, 1.807) is 0 Å². The summed E-state index contributed by atoms with van der Waals surface area (Å²) in [6.45, 7) is 11.6. The van der Waals surface area contributed by atoms with Crippen molar-refractivity contribution in [2.45, 2.75) is 65.0 Å². The fourth-order valence-electron chi connectivity index (χ4n) is 3.14. The van der Waals surface area contributed by atoms with Gasteiger partial charge in [-0.25, -0.2) is 0 Å². The number of nitrogens with two attached hydrogens (primary N) is 1. The lowest BCUT2D eigenvalue weighted by Crippen LogP contribution is -2.63. The first-order chi connectivity index (χ1) is 7.56. The van der Waals surface area contributed by atoms with E-state index in [9.17, 15) is 0 Å². The molecule has 1 saturated heterocycles. The molecule has 1 rings (SSSR count). The number of hydrogen-bond acceptors (Lipinski definition) is 3. The zero-order chi connectivity index (χ0) is 12.2. The van der Waals surface area contributed by atoms with Gasteiger partial charge >= 0.3 is 0 Å². The largest absolute Gasteiger partial charge is 0.296 e. The third-order valence-corrected chi connectivity index (χ3v) is 4.31. The monoisotopic (exact) mass is 227 g/mol. The molecule has 0 amide bonds. The van der Waals surface area contributed by atoms with Crippen LogP contribution in [-0.2, 0) is 0 Å². The number of likely N-dealkylation sites (tertiary alicyclic amines) is 1. The maximum atomic E-state index is 5.77. The Morgan fingerprint density at radius 1 is 1.25 bits per heavy atom. The molecule has 2 atom stereocenters. The highest BCUT2D eigenvalue weighted by Gasteiger charge is 2.39. The van der Waals surface area contributed by atoms with Gasteiger partial charge in [0.25, 0.3) is 0 Å². The van der Waals surface area contributed by atoms with Gasteiger partial charge in [0.15, 0.2) is 0 Å². The van der Waals surface area contributed by atoms with Crippen LogP contribution < -0.4 is 11.3 Å². The Morgan fingerprint density at radius 3 is 2.19 bits per heavy atom. The predicted molar refractivity (Wildman–Crippen MR) is 70.1 cm³/mol. The second kappa shape index (κ2) is 5.99. The van der Waals surface area contributed by atoms with Crippen LogP contribution in [0.25, 0.3) is 0 Å². The Bertz CT molecular complexity index is 199. The SMILES string of the molecule is CCC(C)(C(NN)C(C)C)N1CCCCC1. The number of rotatable bonds is 5. The molecule has 1 aliphatic rings. The zero-order valence-corrected chi connectivity index (χ0v) is 11.4. The van der Waals surface area contributed by atoms with Crippen molar-refractivity contribution in [3.8, 4) is 0 Å². The molecule has 0 radical (unpaired) electrons. The molecule has 0 spiro atoms. The molecular formula is C13H29N3. The fraction of sp³-hybridized carbons (Fsp3) is 1.00. The third-order valence-electron chi connectivity index (χ3n) is 4.31. The average Bonchev–Trinajstić information content (AvgIpc) is 2.30. The van der Waals surface area contributed by atoms with Crippen LogP contribution in [0.1, 0.15) is 53.4 Å². The highest BCUT2D eigenvalue weighted by molar-refractivity contribution is 4.97. The molecule has 96 valence electrons. The first kappa shape index (κ1) is 13.9. The number of nitrogens with one attached hydrogen (secondary N) is 1. The molecule has 1 heterocycles. The summed E-state index contributed by atoms with van der Waals surface area (Å²) in [5.74, 6) is 6.33. The van der Waals surface area contributed by atoms with E-state index >= 15 is 0 Å². The van der Waals surface area contributed by atoms with Gasteiger partial charge in [-0.3, -0.25) is 16.2 Å². The summed E-state index contributed by atoms with van der Waals surface area (Å²) in [6.07, 6.45) is 5.22. The van der Waals surface area contributed by atoms with E-state index in [-0.39, 0.29) is 5.54 Å². The predicted octanol–water partition coefficient (Wildman–Crippen LogP) is 2.13. The highest BCUT2D eigenvalue weighted by Crippen LogP contribution is 2.30. The standard InChI is InChI=1S/C13H29N3/c1-5-13(4,12(15-14)11(2)3)16-9-7-6-8-10-16/h11-12,15H,5-10,14H2,1-4H3. The van der Waals surface area contributed by atoms with E-state index in [1.165, 1.54) is 32.4 Å². The van der Waals surface area contributed by atoms with Gasteiger partial charge in [-0.05, 0) is 45.2 Å². The fourth-order valence-corrected chi connectivity index (χ4v) is 3.14. The molecule has 2 unspecified atom stereocenters. The van der Waals surface area contributed by atoms with Crippen molar-refractivity contribution < 1.29 is 0 Å². The van der Waals surface area contributed by atoms with Gasteiger partial charge in [-0.2, -0.15) is 0 Å². The second-order valence-corrected chi connectivity index (χ2v) is 5.65. The molecule has 1 aliphatic heterocycles. The summed E-state index contributed by atoms with van der Waals surface area (Å²) in [5.41, 5.74) is 3.25. The first-order valence-corrected chi connectivity index (χ1v) is 6.77. The van der Waals surface area contributed by atoms with Gasteiger partial charge < -0.3 is 0 Å². The van der Waals surface area contributed by atoms with Crippen molar-refractivity contribution in [1.29, 1.82) is 0 Å². The van der Waals surface area contributed by atoms with Crippen LogP contribution in [0.4, 0.5) is 0 Å². The molecule has 0 bridgehead atoms. The lowest BCUT2D eigenvalue weighted by Gasteiger charge is -2.49. The molecule has 0 saturated carbocycles. The molecule has 3 heteroatoms. The molecule has 1 fully saturated rings. The van der Waals surface area contributed by atoms with Crippen LogP contribution in [-0.4, -0.2) is 29.6 Å². The molecule has 0 aliphatic carbocycles. The van der Waals surface area contributed by atoms with Gasteiger partial charge in [-0.1, -0.05) is 27.2 Å². The van der Waals surface area contributed by atoms with E-state index in [0.29, 0.717) is 12.0 Å². The second-order valence-electron chi connectivity index (χ2n) is 5.65. The van der Waals surface area contributed by atoms with E-state index in [1.807, 2.05) is 0 Å². The smallest absolute Gasteiger partial charge is 0.0414 e. The summed E-state index contributed by atoms with van der Waals surface area (Å²) in [4.78, 5) is 2.64. The molecular weight excluding hydrogens is 198 g/mol. The Hall–Kier alpha value is -0.120. The Morgan fingerprint density at radius 2 is 1.81 bits per heavy atom. The van der Waals surface area contributed by atoms with Crippen molar-refractivity contribution in [2.24, 2.45) is 11.8 Å². The average molecular weight is 227 g/mol. The highest BCUT2D eigenvalue weighted by atomic mass is 15.3. The van der Waals surface area contributed by atoms with Gasteiger partial charge in [-0.15, -0.1) is 0 Å². The van der Waals surface area contributed by atoms with Crippen LogP contribution in [0, 0.1) is 5.92 Å². The summed E-state index contributed by atoms with van der Waals surface area (Å²) in [7, 11) is 0. The van der Waals surface area contributed by atoms with Gasteiger partial charge in [0.1, 0.15) is 0 Å². The number of hydrogen-bond donors (Lipinski definition) is 2. The molecule has 3 nitrogen and oxygen atoms in total. The minimum absolute atomic E-state index is 0.198. The Labute approximate surface area is 101 Å². The van der Waals surface area contributed by atoms with Gasteiger partial charge in [0.2, 0.25) is 0 Å². The maximum absolute atomic E-state index is 5.77. The van der Waals surface area contributed by atoms with Crippen molar-refractivity contribution in [3.63, 3.8) is 0 Å². The quantitative estimate of drug-likeness (QED) is 0.558. The molecule has 16 heavy (non-hydrogen) atoms. The Balaban J connectivity index is 2.80. The lowest BCUT2D eigenvalue weighted by atomic mass is 9.80. The van der Waals surface area contributed by atoms with E-state index in [4.69, 9.17) is 5.84 Å². The van der Waals surface area contributed by atoms with Crippen LogP contribution >= 0.6 is 0 Å². The summed E-state index contributed by atoms with van der Waals surface area (Å²) >= 11 is 0. The zero-order valence-electron chi connectivity index (χ0n) is 11.4. The number of nitrogens with zero attached hydrogens (tertiary/aromatic N) is 1. The normalized spacial score (nSPS) is 24.4. The first-order valence-electron chi connectivity index (χ1n) is 6.77. The van der Waals surface area contributed by atoms with Gasteiger partial charge in [0.05, 0.1) is 0 Å². The lowest BCUT2D eigenvalue weighted by molar-refractivity contribution is 0.0282. The van der Waals surface area contributed by atoms with Crippen LogP contribution in [0.15, 0.2) is 0 Å². The number of hydrazine groups is 1. The molecule has 0 aromatic rings. The van der Waals surface area contributed by atoms with Crippen molar-refractivity contribution in [1.82, 2.24) is 10.3 Å². The van der Waals surface area contributed by atoms with Crippen molar-refractivity contribution in [3.05, 3.63) is 0 Å². The topological polar surface area (TPSA) is 41.3 Å².